The summed E-state index contributed by atoms with van der Waals surface area (Å²) in [6.45, 7) is 2.32. The van der Waals surface area contributed by atoms with Gasteiger partial charge in [-0.25, -0.2) is 28.1 Å². The van der Waals surface area contributed by atoms with E-state index in [1.165, 1.54) is 0 Å². The van der Waals surface area contributed by atoms with Gasteiger partial charge in [-0.05, 0) is 38.0 Å². The zero-order valence-electron chi connectivity index (χ0n) is 18.2. The minimum absolute atomic E-state index is 0.0755. The Morgan fingerprint density at radius 2 is 0.788 bits per heavy atom. The molecule has 1 heterocycles. The molecule has 0 spiro atoms. The highest BCUT2D eigenvalue weighted by Crippen LogP contribution is 2.17. The second kappa shape index (κ2) is 10.7. The van der Waals surface area contributed by atoms with E-state index < -0.39 is 70.9 Å². The first-order valence-corrected chi connectivity index (χ1v) is 11.6. The summed E-state index contributed by atoms with van der Waals surface area (Å²) in [5.41, 5.74) is -13.8. The number of hydrogen-bond donors (Lipinski definition) is 6. The Bertz CT molecular complexity index is 948. The van der Waals surface area contributed by atoms with Gasteiger partial charge in [0.1, 0.15) is 0 Å². The van der Waals surface area contributed by atoms with Gasteiger partial charge in [0.2, 0.25) is 17.2 Å². The third kappa shape index (κ3) is 5.38. The molecule has 0 amide bonds. The highest BCUT2D eigenvalue weighted by atomic mass is 32.1. The third-order valence-corrected chi connectivity index (χ3v) is 5.73. The molecule has 0 saturated carbocycles. The molecule has 0 aliphatic carbocycles. The van der Waals surface area contributed by atoms with Crippen LogP contribution >= 0.6 is 37.9 Å². The van der Waals surface area contributed by atoms with Crippen molar-refractivity contribution in [2.45, 2.75) is 57.2 Å². The van der Waals surface area contributed by atoms with Crippen molar-refractivity contribution in [3.63, 3.8) is 0 Å². The summed E-state index contributed by atoms with van der Waals surface area (Å²) < 4.78 is -0.318. The molecular formula is C18H27N3O9S3. The topological polar surface area (TPSA) is 178 Å². The molecule has 33 heavy (non-hydrogen) atoms. The maximum Gasteiger partial charge on any atom is 0.341 e. The van der Waals surface area contributed by atoms with E-state index in [2.05, 4.69) is 37.9 Å². The molecule has 0 saturated heterocycles. The number of thiol groups is 3. The standard InChI is InChI=1S/C18H27N3O9S3/c1-16(28,10(22)4-7-31)19-13(25)20(17(2,29)11(23)5-8-32)15(27)21(14(19)26)18(3,30)12(24)6-9-33/h28-33H,4-9H2,1-3H3. The van der Waals surface area contributed by atoms with Crippen LogP contribution in [0.1, 0.15) is 40.0 Å². The van der Waals surface area contributed by atoms with Gasteiger partial charge in [0.25, 0.3) is 0 Å². The molecule has 0 aromatic carbocycles. The Labute approximate surface area is 204 Å². The Morgan fingerprint density at radius 3 is 0.939 bits per heavy atom. The first-order valence-electron chi connectivity index (χ1n) is 9.67. The van der Waals surface area contributed by atoms with Gasteiger partial charge in [-0.15, -0.1) is 0 Å². The molecule has 1 rings (SSSR count). The van der Waals surface area contributed by atoms with E-state index in [1.54, 1.807) is 0 Å². The maximum absolute atomic E-state index is 13.2. The highest BCUT2D eigenvalue weighted by Gasteiger charge is 2.45. The number of nitrogens with zero attached hydrogens (tertiary/aromatic N) is 3. The van der Waals surface area contributed by atoms with E-state index in [-0.39, 0.29) is 31.0 Å². The average Bonchev–Trinajstić information content (AvgIpc) is 2.67. The van der Waals surface area contributed by atoms with Gasteiger partial charge in [-0.3, -0.25) is 14.4 Å². The van der Waals surface area contributed by atoms with Crippen molar-refractivity contribution in [1.82, 2.24) is 13.7 Å². The molecule has 0 aliphatic heterocycles. The molecular weight excluding hydrogens is 498 g/mol. The van der Waals surface area contributed by atoms with E-state index >= 15 is 0 Å². The van der Waals surface area contributed by atoms with Crippen LogP contribution in [0, 0.1) is 0 Å². The van der Waals surface area contributed by atoms with Gasteiger partial charge >= 0.3 is 17.1 Å². The van der Waals surface area contributed by atoms with Gasteiger partial charge in [-0.2, -0.15) is 37.9 Å². The van der Waals surface area contributed by atoms with Crippen LogP contribution < -0.4 is 17.1 Å². The molecule has 0 radical (unpaired) electrons. The van der Waals surface area contributed by atoms with Crippen LogP contribution in [0.4, 0.5) is 0 Å². The Morgan fingerprint density at radius 1 is 0.606 bits per heavy atom. The van der Waals surface area contributed by atoms with Crippen LogP contribution in [0.25, 0.3) is 0 Å². The summed E-state index contributed by atoms with van der Waals surface area (Å²) >= 11 is 11.6. The largest absolute Gasteiger partial charge is 0.364 e. The molecule has 15 heteroatoms. The van der Waals surface area contributed by atoms with Crippen molar-refractivity contribution in [2.24, 2.45) is 0 Å². The van der Waals surface area contributed by atoms with Gasteiger partial charge in [-0.1, -0.05) is 0 Å². The predicted molar refractivity (Wildman–Crippen MR) is 127 cm³/mol. The van der Waals surface area contributed by atoms with Crippen molar-refractivity contribution >= 4 is 55.2 Å². The van der Waals surface area contributed by atoms with E-state index in [0.29, 0.717) is 0 Å². The number of aliphatic hydroxyl groups is 3. The van der Waals surface area contributed by atoms with Crippen LogP contribution in [-0.2, 0) is 31.6 Å². The fraction of sp³-hybridized carbons (Fsp3) is 0.667. The number of aromatic nitrogens is 3. The number of ketones is 3. The normalized spacial score (nSPS) is 17.0. The minimum Gasteiger partial charge on any atom is -0.364 e. The predicted octanol–water partition coefficient (Wildman–Crippen LogP) is -2.17. The molecule has 0 bridgehead atoms. The third-order valence-electron chi connectivity index (χ3n) is 5.06. The number of Topliss-reactive ketones (excluding diaryl/α,β-unsaturated/α-hetero) is 3. The van der Waals surface area contributed by atoms with E-state index in [9.17, 15) is 44.1 Å². The molecule has 12 nitrogen and oxygen atoms in total. The van der Waals surface area contributed by atoms with Crippen LogP contribution in [0.3, 0.4) is 0 Å². The van der Waals surface area contributed by atoms with Crippen LogP contribution in [0.2, 0.25) is 0 Å². The minimum atomic E-state index is -2.89. The first-order chi connectivity index (χ1) is 15.0. The summed E-state index contributed by atoms with van der Waals surface area (Å²) in [7, 11) is 0. The SMILES string of the molecule is CC(O)(C(=O)CCS)n1c(=O)n(C(C)(O)C(=O)CCS)c(=O)n(C(C)(O)C(=O)CCS)c1=O. The Balaban J connectivity index is 4.29. The molecule has 1 aromatic heterocycles. The highest BCUT2D eigenvalue weighted by molar-refractivity contribution is 7.80. The van der Waals surface area contributed by atoms with Gasteiger partial charge in [0, 0.05) is 19.3 Å². The van der Waals surface area contributed by atoms with E-state index in [4.69, 9.17) is 0 Å². The number of carbonyl (C=O) groups excluding carboxylic acids is 3. The van der Waals surface area contributed by atoms with E-state index in [1.807, 2.05) is 0 Å². The quantitative estimate of drug-likeness (QED) is 0.166. The summed E-state index contributed by atoms with van der Waals surface area (Å²) in [5.74, 6) is -3.45. The summed E-state index contributed by atoms with van der Waals surface area (Å²) in [4.78, 5) is 76.9. The second-order valence-electron chi connectivity index (χ2n) is 7.61. The zero-order valence-corrected chi connectivity index (χ0v) is 20.9. The van der Waals surface area contributed by atoms with Crippen molar-refractivity contribution in [2.75, 3.05) is 17.3 Å². The molecule has 3 unspecified atom stereocenters. The van der Waals surface area contributed by atoms with Crippen LogP contribution in [-0.4, -0.2) is 63.6 Å². The Kier molecular flexibility index (Phi) is 9.56. The Hall–Kier alpha value is -1.65. The lowest BCUT2D eigenvalue weighted by atomic mass is 10.1. The van der Waals surface area contributed by atoms with Crippen molar-refractivity contribution in [3.05, 3.63) is 31.5 Å². The number of carbonyl (C=O) groups is 3. The van der Waals surface area contributed by atoms with Gasteiger partial charge < -0.3 is 15.3 Å². The molecule has 3 N–H and O–H groups in total. The molecule has 0 fully saturated rings. The fourth-order valence-corrected chi connectivity index (χ4v) is 3.66. The molecule has 3 atom stereocenters. The second-order valence-corrected chi connectivity index (χ2v) is 8.95. The van der Waals surface area contributed by atoms with Crippen molar-refractivity contribution < 1.29 is 29.7 Å². The van der Waals surface area contributed by atoms with Crippen LogP contribution in [0.5, 0.6) is 0 Å². The fourth-order valence-electron chi connectivity index (χ4n) is 3.05. The lowest BCUT2D eigenvalue weighted by Crippen LogP contribution is -2.69. The van der Waals surface area contributed by atoms with Gasteiger partial charge in [0.15, 0.2) is 17.3 Å². The van der Waals surface area contributed by atoms with Crippen LogP contribution in [0.15, 0.2) is 14.4 Å². The molecule has 186 valence electrons. The summed E-state index contributed by atoms with van der Waals surface area (Å²) in [6, 6.07) is 0. The van der Waals surface area contributed by atoms with Gasteiger partial charge in [0.05, 0.1) is 0 Å². The monoisotopic (exact) mass is 525 g/mol. The molecule has 0 aliphatic rings. The molecule has 1 aromatic rings. The van der Waals surface area contributed by atoms with Crippen molar-refractivity contribution in [3.8, 4) is 0 Å². The maximum atomic E-state index is 13.2. The van der Waals surface area contributed by atoms with Crippen molar-refractivity contribution in [1.29, 1.82) is 0 Å². The number of hydrogen-bond acceptors (Lipinski definition) is 12. The van der Waals surface area contributed by atoms with E-state index in [0.717, 1.165) is 20.8 Å². The lowest BCUT2D eigenvalue weighted by Gasteiger charge is -2.32. The summed E-state index contributed by atoms with van der Waals surface area (Å²) in [6.07, 6.45) is -1.23. The summed E-state index contributed by atoms with van der Waals surface area (Å²) in [5, 5.41) is 32.4. The first kappa shape index (κ1) is 29.4. The number of rotatable bonds is 12. The zero-order chi connectivity index (χ0) is 25.9. The smallest absolute Gasteiger partial charge is 0.341 e. The lowest BCUT2D eigenvalue weighted by molar-refractivity contribution is -0.154. The average molecular weight is 526 g/mol.